The Labute approximate surface area is 76.1 Å². The summed E-state index contributed by atoms with van der Waals surface area (Å²) in [6.07, 6.45) is 5.03. The zero-order valence-electron chi connectivity index (χ0n) is 8.42. The molecule has 1 fully saturated rings. The molecule has 0 aromatic heterocycles. The van der Waals surface area contributed by atoms with E-state index in [1.54, 1.807) is 0 Å². The Hall–Kier alpha value is -0.0800. The lowest BCUT2D eigenvalue weighted by molar-refractivity contribution is 0.257. The number of nitrogens with zero attached hydrogens (tertiary/aromatic N) is 1. The maximum absolute atomic E-state index is 5.87. The Balaban J connectivity index is 2.13. The molecule has 1 rings (SSSR count). The summed E-state index contributed by atoms with van der Waals surface area (Å²) in [4.78, 5) is 2.56. The van der Waals surface area contributed by atoms with E-state index in [-0.39, 0.29) is 0 Å². The molecular weight excluding hydrogens is 148 g/mol. The molecule has 0 aromatic rings. The van der Waals surface area contributed by atoms with Crippen molar-refractivity contribution in [2.24, 2.45) is 5.73 Å². The molecule has 72 valence electrons. The number of hydrogen-bond acceptors (Lipinski definition) is 2. The van der Waals surface area contributed by atoms with Crippen molar-refractivity contribution in [3.63, 3.8) is 0 Å². The average molecular weight is 170 g/mol. The number of likely N-dealkylation sites (tertiary alicyclic amines) is 1. The van der Waals surface area contributed by atoms with Gasteiger partial charge in [0.2, 0.25) is 0 Å². The predicted molar refractivity (Wildman–Crippen MR) is 53.2 cm³/mol. The van der Waals surface area contributed by atoms with Gasteiger partial charge in [-0.15, -0.1) is 0 Å². The average Bonchev–Trinajstić information content (AvgIpc) is 2.47. The van der Waals surface area contributed by atoms with Crippen molar-refractivity contribution >= 4 is 0 Å². The lowest BCUT2D eigenvalue weighted by atomic mass is 10.1. The van der Waals surface area contributed by atoms with Crippen molar-refractivity contribution in [1.29, 1.82) is 0 Å². The summed E-state index contributed by atoms with van der Waals surface area (Å²) < 4.78 is 0. The van der Waals surface area contributed by atoms with Gasteiger partial charge in [0.15, 0.2) is 0 Å². The molecule has 0 spiro atoms. The van der Waals surface area contributed by atoms with Crippen LogP contribution in [0.4, 0.5) is 0 Å². The van der Waals surface area contributed by atoms with E-state index in [0.29, 0.717) is 6.04 Å². The number of nitrogens with two attached hydrogens (primary N) is 1. The van der Waals surface area contributed by atoms with E-state index in [2.05, 4.69) is 18.7 Å². The molecule has 0 bridgehead atoms. The minimum absolute atomic E-state index is 0.415. The van der Waals surface area contributed by atoms with Crippen LogP contribution < -0.4 is 5.73 Å². The van der Waals surface area contributed by atoms with E-state index in [0.717, 1.165) is 12.5 Å². The molecule has 0 amide bonds. The molecule has 0 saturated carbocycles. The van der Waals surface area contributed by atoms with Gasteiger partial charge >= 0.3 is 0 Å². The summed E-state index contributed by atoms with van der Waals surface area (Å²) in [5, 5.41) is 0. The predicted octanol–water partition coefficient (Wildman–Crippen LogP) is 1.60. The summed E-state index contributed by atoms with van der Waals surface area (Å²) in [5.74, 6) is 0. The quantitative estimate of drug-likeness (QED) is 0.694. The third-order valence-corrected chi connectivity index (χ3v) is 3.00. The van der Waals surface area contributed by atoms with Gasteiger partial charge in [0.05, 0.1) is 0 Å². The summed E-state index contributed by atoms with van der Waals surface area (Å²) in [5.41, 5.74) is 5.87. The second-order valence-corrected chi connectivity index (χ2v) is 3.98. The van der Waals surface area contributed by atoms with Gasteiger partial charge in [-0.3, -0.25) is 0 Å². The van der Waals surface area contributed by atoms with Crippen LogP contribution in [0.3, 0.4) is 0 Å². The first-order chi connectivity index (χ1) is 5.74. The second-order valence-electron chi connectivity index (χ2n) is 3.98. The van der Waals surface area contributed by atoms with Gasteiger partial charge in [-0.05, 0) is 45.7 Å². The topological polar surface area (TPSA) is 29.3 Å². The largest absolute Gasteiger partial charge is 0.328 e. The van der Waals surface area contributed by atoms with Crippen LogP contribution in [0.2, 0.25) is 0 Å². The smallest absolute Gasteiger partial charge is 0.00674 e. The molecule has 0 aromatic carbocycles. The van der Waals surface area contributed by atoms with Gasteiger partial charge in [-0.1, -0.05) is 6.92 Å². The monoisotopic (exact) mass is 170 g/mol. The van der Waals surface area contributed by atoms with Crippen LogP contribution >= 0.6 is 0 Å². The first kappa shape index (κ1) is 10.0. The fourth-order valence-electron chi connectivity index (χ4n) is 1.86. The summed E-state index contributed by atoms with van der Waals surface area (Å²) in [6, 6.07) is 1.21. The van der Waals surface area contributed by atoms with Crippen LogP contribution in [0.25, 0.3) is 0 Å². The molecular formula is C10H22N2. The van der Waals surface area contributed by atoms with E-state index in [9.17, 15) is 0 Å². The Morgan fingerprint density at radius 3 is 2.83 bits per heavy atom. The zero-order chi connectivity index (χ0) is 8.97. The van der Waals surface area contributed by atoms with E-state index in [1.165, 1.54) is 32.4 Å². The fourth-order valence-corrected chi connectivity index (χ4v) is 1.86. The first-order valence-corrected chi connectivity index (χ1v) is 5.23. The van der Waals surface area contributed by atoms with Crippen molar-refractivity contribution in [2.75, 3.05) is 13.1 Å². The molecule has 12 heavy (non-hydrogen) atoms. The van der Waals surface area contributed by atoms with Crippen LogP contribution in [-0.2, 0) is 0 Å². The fraction of sp³-hybridized carbons (Fsp3) is 1.00. The van der Waals surface area contributed by atoms with Gasteiger partial charge in [0, 0.05) is 12.1 Å². The Kier molecular flexibility index (Phi) is 4.02. The maximum atomic E-state index is 5.87. The van der Waals surface area contributed by atoms with E-state index >= 15 is 0 Å². The van der Waals surface area contributed by atoms with Crippen LogP contribution in [0.5, 0.6) is 0 Å². The normalized spacial score (nSPS) is 27.8. The van der Waals surface area contributed by atoms with Gasteiger partial charge in [0.1, 0.15) is 0 Å². The molecule has 0 aliphatic carbocycles. The van der Waals surface area contributed by atoms with E-state index in [1.807, 2.05) is 0 Å². The summed E-state index contributed by atoms with van der Waals surface area (Å²) in [6.45, 7) is 6.98. The van der Waals surface area contributed by atoms with Crippen molar-refractivity contribution < 1.29 is 0 Å². The highest BCUT2D eigenvalue weighted by Crippen LogP contribution is 2.16. The molecule has 2 atom stereocenters. The van der Waals surface area contributed by atoms with Gasteiger partial charge < -0.3 is 10.6 Å². The van der Waals surface area contributed by atoms with Crippen molar-refractivity contribution in [2.45, 2.75) is 51.6 Å². The highest BCUT2D eigenvalue weighted by atomic mass is 15.2. The minimum Gasteiger partial charge on any atom is -0.328 e. The maximum Gasteiger partial charge on any atom is 0.00674 e. The Bertz CT molecular complexity index is 125. The standard InChI is InChI=1S/C10H22N2/c1-3-10(11)6-8-12-7-4-5-9(12)2/h9-10H,3-8,11H2,1-2H3. The number of hydrogen-bond donors (Lipinski definition) is 1. The summed E-state index contributed by atoms with van der Waals surface area (Å²) in [7, 11) is 0. The van der Waals surface area contributed by atoms with Crippen LogP contribution in [0.1, 0.15) is 39.5 Å². The van der Waals surface area contributed by atoms with Crippen LogP contribution in [-0.4, -0.2) is 30.1 Å². The SMILES string of the molecule is CCC(N)CCN1CCCC1C. The Morgan fingerprint density at radius 1 is 1.58 bits per heavy atom. The highest BCUT2D eigenvalue weighted by Gasteiger charge is 2.19. The van der Waals surface area contributed by atoms with Crippen molar-refractivity contribution in [3.8, 4) is 0 Å². The molecule has 2 heteroatoms. The molecule has 1 aliphatic heterocycles. The summed E-state index contributed by atoms with van der Waals surface area (Å²) >= 11 is 0. The zero-order valence-corrected chi connectivity index (χ0v) is 8.42. The van der Waals surface area contributed by atoms with Crippen LogP contribution in [0, 0.1) is 0 Å². The molecule has 1 heterocycles. The van der Waals surface area contributed by atoms with Gasteiger partial charge in [-0.2, -0.15) is 0 Å². The molecule has 1 aliphatic rings. The molecule has 2 nitrogen and oxygen atoms in total. The molecule has 2 unspecified atom stereocenters. The van der Waals surface area contributed by atoms with Crippen LogP contribution in [0.15, 0.2) is 0 Å². The molecule has 1 saturated heterocycles. The third kappa shape index (κ3) is 2.76. The van der Waals surface area contributed by atoms with E-state index < -0.39 is 0 Å². The highest BCUT2D eigenvalue weighted by molar-refractivity contribution is 4.76. The lowest BCUT2D eigenvalue weighted by Gasteiger charge is -2.22. The van der Waals surface area contributed by atoms with E-state index in [4.69, 9.17) is 5.73 Å². The third-order valence-electron chi connectivity index (χ3n) is 3.00. The van der Waals surface area contributed by atoms with Gasteiger partial charge in [-0.25, -0.2) is 0 Å². The van der Waals surface area contributed by atoms with Gasteiger partial charge in [0.25, 0.3) is 0 Å². The molecule has 2 N–H and O–H groups in total. The molecule has 0 radical (unpaired) electrons. The minimum atomic E-state index is 0.415. The second kappa shape index (κ2) is 4.83. The van der Waals surface area contributed by atoms with Crippen molar-refractivity contribution in [3.05, 3.63) is 0 Å². The number of rotatable bonds is 4. The van der Waals surface area contributed by atoms with Crippen molar-refractivity contribution in [1.82, 2.24) is 4.90 Å². The Morgan fingerprint density at radius 2 is 2.33 bits per heavy atom. The lowest BCUT2D eigenvalue weighted by Crippen LogP contribution is -2.32. The first-order valence-electron chi connectivity index (χ1n) is 5.23.